The van der Waals surface area contributed by atoms with Crippen molar-refractivity contribution in [2.24, 2.45) is 5.92 Å². The van der Waals surface area contributed by atoms with Crippen molar-refractivity contribution in [3.8, 4) is 5.75 Å². The van der Waals surface area contributed by atoms with Crippen LogP contribution in [0.25, 0.3) is 0 Å². The molecule has 2 aromatic rings. The van der Waals surface area contributed by atoms with Crippen molar-refractivity contribution in [1.29, 1.82) is 0 Å². The second kappa shape index (κ2) is 8.23. The van der Waals surface area contributed by atoms with Crippen molar-refractivity contribution in [3.63, 3.8) is 0 Å². The normalized spacial score (nSPS) is 18.8. The third-order valence-electron chi connectivity index (χ3n) is 6.01. The van der Waals surface area contributed by atoms with E-state index in [0.29, 0.717) is 44.5 Å². The van der Waals surface area contributed by atoms with E-state index >= 15 is 0 Å². The number of amides is 2. The molecule has 2 amide bonds. The maximum absolute atomic E-state index is 13.3. The number of piperidine rings is 1. The van der Waals surface area contributed by atoms with E-state index < -0.39 is 26.7 Å². The average molecular weight is 470 g/mol. The maximum Gasteiger partial charge on any atom is 0.573 e. The van der Waals surface area contributed by atoms with E-state index in [1.54, 1.807) is 11.0 Å². The number of benzene rings is 1. The number of aromatic nitrogens is 2. The Labute approximate surface area is 182 Å². The summed E-state index contributed by atoms with van der Waals surface area (Å²) >= 11 is 0. The Morgan fingerprint density at radius 2 is 1.75 bits per heavy atom. The highest BCUT2D eigenvalue weighted by Crippen LogP contribution is 2.55. The lowest BCUT2D eigenvalue weighted by Gasteiger charge is -2.36. The standard InChI is InChI=1S/C20H21F3N4O4S/c21-20(22,23)31-16-1-3-17(4-2-16)32(29,30)19(8-9-19)14-6-11-27(12-7-14)18(28)26-15-5-10-24-25-13-15/h1-5,10,13-14H,6-9,11-12H2,(H,24,26,28). The minimum absolute atomic E-state index is 0.0186. The number of ether oxygens (including phenoxy) is 1. The molecule has 0 radical (unpaired) electrons. The Morgan fingerprint density at radius 1 is 1.09 bits per heavy atom. The number of sulfone groups is 1. The van der Waals surface area contributed by atoms with E-state index in [4.69, 9.17) is 0 Å². The van der Waals surface area contributed by atoms with Crippen LogP contribution >= 0.6 is 0 Å². The Bertz CT molecular complexity index is 1070. The molecule has 8 nitrogen and oxygen atoms in total. The van der Waals surface area contributed by atoms with Crippen molar-refractivity contribution < 1.29 is 31.1 Å². The monoisotopic (exact) mass is 470 g/mol. The summed E-state index contributed by atoms with van der Waals surface area (Å²) in [5, 5.41) is 10.1. The molecule has 0 bridgehead atoms. The first-order valence-electron chi connectivity index (χ1n) is 10.0. The molecule has 1 aromatic carbocycles. The topological polar surface area (TPSA) is 101 Å². The van der Waals surface area contributed by atoms with Gasteiger partial charge in [0.05, 0.1) is 27.7 Å². The van der Waals surface area contributed by atoms with Gasteiger partial charge in [-0.05, 0) is 61.9 Å². The second-order valence-corrected chi connectivity index (χ2v) is 10.2. The Balaban J connectivity index is 1.40. The zero-order valence-electron chi connectivity index (χ0n) is 16.9. The van der Waals surface area contributed by atoms with Gasteiger partial charge in [-0.1, -0.05) is 0 Å². The molecule has 4 rings (SSSR count). The molecule has 0 spiro atoms. The van der Waals surface area contributed by atoms with Crippen molar-refractivity contribution in [1.82, 2.24) is 15.1 Å². The maximum atomic E-state index is 13.3. The van der Waals surface area contributed by atoms with E-state index in [0.717, 1.165) is 24.3 Å². The molecule has 2 heterocycles. The SMILES string of the molecule is O=C(Nc1ccnnc1)N1CCC(C2(S(=O)(=O)c3ccc(OC(F)(F)F)cc3)CC2)CC1. The zero-order valence-corrected chi connectivity index (χ0v) is 17.7. The van der Waals surface area contributed by atoms with Crippen LogP contribution in [-0.2, 0) is 9.84 Å². The lowest BCUT2D eigenvalue weighted by Crippen LogP contribution is -2.45. The van der Waals surface area contributed by atoms with Crippen LogP contribution in [0.5, 0.6) is 5.75 Å². The van der Waals surface area contributed by atoms with Gasteiger partial charge < -0.3 is 15.0 Å². The van der Waals surface area contributed by atoms with Gasteiger partial charge in [0.2, 0.25) is 0 Å². The number of likely N-dealkylation sites (tertiary alicyclic amines) is 1. The number of rotatable bonds is 5. The Morgan fingerprint density at radius 3 is 2.28 bits per heavy atom. The first-order valence-corrected chi connectivity index (χ1v) is 11.5. The van der Waals surface area contributed by atoms with Crippen molar-refractivity contribution in [3.05, 3.63) is 42.7 Å². The van der Waals surface area contributed by atoms with E-state index in [1.165, 1.54) is 12.4 Å². The molecule has 12 heteroatoms. The van der Waals surface area contributed by atoms with Gasteiger partial charge in [0, 0.05) is 13.1 Å². The van der Waals surface area contributed by atoms with Crippen LogP contribution in [0.15, 0.2) is 47.6 Å². The van der Waals surface area contributed by atoms with Crippen LogP contribution < -0.4 is 10.1 Å². The van der Waals surface area contributed by atoms with Crippen LogP contribution in [0.3, 0.4) is 0 Å². The van der Waals surface area contributed by atoms with Gasteiger partial charge in [0.25, 0.3) is 0 Å². The summed E-state index contributed by atoms with van der Waals surface area (Å²) in [6.45, 7) is 0.815. The smallest absolute Gasteiger partial charge is 0.406 e. The second-order valence-electron chi connectivity index (χ2n) is 7.91. The van der Waals surface area contributed by atoms with Gasteiger partial charge in [-0.15, -0.1) is 13.2 Å². The molecular weight excluding hydrogens is 449 g/mol. The number of nitrogens with zero attached hydrogens (tertiary/aromatic N) is 3. The first kappa shape index (κ1) is 22.3. The number of hydrogen-bond acceptors (Lipinski definition) is 6. The van der Waals surface area contributed by atoms with Gasteiger partial charge in [-0.3, -0.25) is 0 Å². The molecule has 1 aromatic heterocycles. The first-order chi connectivity index (χ1) is 15.1. The summed E-state index contributed by atoms with van der Waals surface area (Å²) < 4.78 is 66.5. The largest absolute Gasteiger partial charge is 0.573 e. The van der Waals surface area contributed by atoms with Crippen molar-refractivity contribution in [2.45, 2.75) is 41.7 Å². The molecule has 1 saturated heterocycles. The number of carbonyl (C=O) groups excluding carboxylic acids is 1. The predicted octanol–water partition coefficient (Wildman–Crippen LogP) is 3.63. The molecule has 2 fully saturated rings. The van der Waals surface area contributed by atoms with Crippen LogP contribution in [-0.4, -0.2) is 53.7 Å². The van der Waals surface area contributed by atoms with Crippen LogP contribution in [0.2, 0.25) is 0 Å². The molecular formula is C20H21F3N4O4S. The lowest BCUT2D eigenvalue weighted by molar-refractivity contribution is -0.274. The fourth-order valence-electron chi connectivity index (χ4n) is 4.25. The van der Waals surface area contributed by atoms with E-state index in [9.17, 15) is 26.4 Å². The van der Waals surface area contributed by atoms with Crippen LogP contribution in [0.4, 0.5) is 23.7 Å². The summed E-state index contributed by atoms with van der Waals surface area (Å²) in [6, 6.07) is 5.66. The predicted molar refractivity (Wildman–Crippen MR) is 108 cm³/mol. The van der Waals surface area contributed by atoms with Crippen LogP contribution in [0, 0.1) is 5.92 Å². The third kappa shape index (κ3) is 4.50. The van der Waals surface area contributed by atoms with E-state index in [1.807, 2.05) is 0 Å². The number of alkyl halides is 3. The molecule has 2 aliphatic rings. The van der Waals surface area contributed by atoms with Crippen molar-refractivity contribution in [2.75, 3.05) is 18.4 Å². The zero-order chi connectivity index (χ0) is 23.0. The summed E-state index contributed by atoms with van der Waals surface area (Å²) in [6.07, 6.45) is 0.0947. The number of carbonyl (C=O) groups is 1. The van der Waals surface area contributed by atoms with Gasteiger partial charge >= 0.3 is 12.4 Å². The van der Waals surface area contributed by atoms with Crippen molar-refractivity contribution >= 4 is 21.6 Å². The number of anilines is 1. The molecule has 1 aliphatic heterocycles. The molecule has 172 valence electrons. The summed E-state index contributed by atoms with van der Waals surface area (Å²) in [4.78, 5) is 14.1. The molecule has 1 aliphatic carbocycles. The van der Waals surface area contributed by atoms with Crippen LogP contribution in [0.1, 0.15) is 25.7 Å². The summed E-state index contributed by atoms with van der Waals surface area (Å²) in [5.74, 6) is -0.602. The summed E-state index contributed by atoms with van der Waals surface area (Å²) in [5.41, 5.74) is 0.520. The number of nitrogens with one attached hydrogen (secondary N) is 1. The average Bonchev–Trinajstić information content (AvgIpc) is 3.56. The molecule has 0 atom stereocenters. The molecule has 0 unspecified atom stereocenters. The molecule has 1 saturated carbocycles. The van der Waals surface area contributed by atoms with Gasteiger partial charge in [-0.25, -0.2) is 13.2 Å². The number of urea groups is 1. The fourth-order valence-corrected chi connectivity index (χ4v) is 6.53. The van der Waals surface area contributed by atoms with Gasteiger partial charge in [0.15, 0.2) is 9.84 Å². The third-order valence-corrected chi connectivity index (χ3v) is 8.71. The minimum Gasteiger partial charge on any atom is -0.406 e. The highest BCUT2D eigenvalue weighted by atomic mass is 32.2. The number of halogens is 3. The molecule has 1 N–H and O–H groups in total. The Hall–Kier alpha value is -2.89. The number of hydrogen-bond donors (Lipinski definition) is 1. The minimum atomic E-state index is -4.84. The molecule has 32 heavy (non-hydrogen) atoms. The van der Waals surface area contributed by atoms with E-state index in [2.05, 4.69) is 20.3 Å². The quantitative estimate of drug-likeness (QED) is 0.716. The Kier molecular flexibility index (Phi) is 5.74. The lowest BCUT2D eigenvalue weighted by atomic mass is 9.91. The highest BCUT2D eigenvalue weighted by Gasteiger charge is 2.60. The van der Waals surface area contributed by atoms with E-state index in [-0.39, 0.29) is 16.8 Å². The highest BCUT2D eigenvalue weighted by molar-refractivity contribution is 7.93. The summed E-state index contributed by atoms with van der Waals surface area (Å²) in [7, 11) is -3.74. The fraction of sp³-hybridized carbons (Fsp3) is 0.450. The van der Waals surface area contributed by atoms with Gasteiger partial charge in [0.1, 0.15) is 5.75 Å². The van der Waals surface area contributed by atoms with Gasteiger partial charge in [-0.2, -0.15) is 10.2 Å².